The summed E-state index contributed by atoms with van der Waals surface area (Å²) in [5.74, 6) is 0.574. The lowest BCUT2D eigenvalue weighted by molar-refractivity contribution is 0.386. The molecule has 1 aliphatic rings. The van der Waals surface area contributed by atoms with Gasteiger partial charge in [0.05, 0.1) is 7.11 Å². The third-order valence-corrected chi connectivity index (χ3v) is 4.84. The zero-order chi connectivity index (χ0) is 19.2. The standard InChI is InChI=1S/C20H24ClFN4O.HI/c1-23-20(24-12-14-6-7-19(27-2)18(22)10-14)25-16-8-9-26(13-16)17-5-3-4-15(21)11-17;/h3-7,10-11,16H,8-9,12-13H2,1-2H3,(H2,23,24,25);1H. The molecule has 0 saturated carbocycles. The molecule has 0 amide bonds. The minimum absolute atomic E-state index is 0. The van der Waals surface area contributed by atoms with E-state index in [1.165, 1.54) is 13.2 Å². The Morgan fingerprint density at radius 3 is 2.82 bits per heavy atom. The number of halogens is 3. The van der Waals surface area contributed by atoms with Crippen LogP contribution in [0.2, 0.25) is 5.02 Å². The monoisotopic (exact) mass is 518 g/mol. The number of hydrogen-bond acceptors (Lipinski definition) is 3. The number of ether oxygens (including phenoxy) is 1. The summed E-state index contributed by atoms with van der Waals surface area (Å²) < 4.78 is 18.7. The molecule has 1 saturated heterocycles. The summed E-state index contributed by atoms with van der Waals surface area (Å²) in [4.78, 5) is 6.57. The zero-order valence-electron chi connectivity index (χ0n) is 15.9. The smallest absolute Gasteiger partial charge is 0.191 e. The second-order valence-corrected chi connectivity index (χ2v) is 6.89. The number of guanidine groups is 1. The highest BCUT2D eigenvalue weighted by molar-refractivity contribution is 14.0. The van der Waals surface area contributed by atoms with Crippen LogP contribution in [-0.4, -0.2) is 39.2 Å². The summed E-state index contributed by atoms with van der Waals surface area (Å²) in [6.45, 7) is 2.31. The number of nitrogens with zero attached hydrogens (tertiary/aromatic N) is 2. The average Bonchev–Trinajstić information content (AvgIpc) is 3.14. The van der Waals surface area contributed by atoms with E-state index in [-0.39, 0.29) is 41.6 Å². The highest BCUT2D eigenvalue weighted by atomic mass is 127. The lowest BCUT2D eigenvalue weighted by atomic mass is 10.2. The Hall–Kier alpha value is -1.74. The first-order valence-electron chi connectivity index (χ1n) is 8.89. The van der Waals surface area contributed by atoms with Crippen LogP contribution in [0.5, 0.6) is 5.75 Å². The molecule has 2 aromatic carbocycles. The van der Waals surface area contributed by atoms with Gasteiger partial charge in [0, 0.05) is 43.4 Å². The minimum Gasteiger partial charge on any atom is -0.494 e. The Labute approximate surface area is 187 Å². The van der Waals surface area contributed by atoms with E-state index < -0.39 is 0 Å². The van der Waals surface area contributed by atoms with Crippen LogP contribution in [-0.2, 0) is 6.54 Å². The van der Waals surface area contributed by atoms with Crippen LogP contribution in [0.4, 0.5) is 10.1 Å². The van der Waals surface area contributed by atoms with Crippen molar-refractivity contribution >= 4 is 47.2 Å². The van der Waals surface area contributed by atoms with Gasteiger partial charge in [-0.05, 0) is 42.3 Å². The van der Waals surface area contributed by atoms with Gasteiger partial charge in [-0.2, -0.15) is 0 Å². The van der Waals surface area contributed by atoms with Crippen molar-refractivity contribution in [2.24, 2.45) is 4.99 Å². The molecule has 0 radical (unpaired) electrons. The van der Waals surface area contributed by atoms with Crippen LogP contribution in [0.25, 0.3) is 0 Å². The average molecular weight is 519 g/mol. The predicted molar refractivity (Wildman–Crippen MR) is 124 cm³/mol. The maximum Gasteiger partial charge on any atom is 0.191 e. The van der Waals surface area contributed by atoms with E-state index in [1.807, 2.05) is 24.3 Å². The molecule has 0 aromatic heterocycles. The third kappa shape index (κ3) is 5.88. The number of aliphatic imine (C=N–C) groups is 1. The van der Waals surface area contributed by atoms with E-state index >= 15 is 0 Å². The van der Waals surface area contributed by atoms with E-state index in [0.717, 1.165) is 35.8 Å². The molecular weight excluding hydrogens is 494 g/mol. The molecule has 1 heterocycles. The molecule has 2 N–H and O–H groups in total. The fourth-order valence-electron chi connectivity index (χ4n) is 3.18. The molecule has 28 heavy (non-hydrogen) atoms. The van der Waals surface area contributed by atoms with Gasteiger partial charge in [0.1, 0.15) is 0 Å². The quantitative estimate of drug-likeness (QED) is 0.356. The number of nitrogens with one attached hydrogen (secondary N) is 2. The Bertz CT molecular complexity index is 821. The van der Waals surface area contributed by atoms with Gasteiger partial charge in [-0.25, -0.2) is 4.39 Å². The topological polar surface area (TPSA) is 48.9 Å². The van der Waals surface area contributed by atoms with Crippen LogP contribution in [0.15, 0.2) is 47.5 Å². The van der Waals surface area contributed by atoms with Gasteiger partial charge in [0.15, 0.2) is 17.5 Å². The van der Waals surface area contributed by atoms with Crippen LogP contribution >= 0.6 is 35.6 Å². The highest BCUT2D eigenvalue weighted by Gasteiger charge is 2.23. The Morgan fingerprint density at radius 2 is 2.14 bits per heavy atom. The number of methoxy groups -OCH3 is 1. The second-order valence-electron chi connectivity index (χ2n) is 6.45. The Kier molecular flexibility index (Phi) is 8.62. The van der Waals surface area contributed by atoms with Gasteiger partial charge in [0.2, 0.25) is 0 Å². The van der Waals surface area contributed by atoms with E-state index in [2.05, 4.69) is 26.6 Å². The predicted octanol–water partition coefficient (Wildman–Crippen LogP) is 4.05. The van der Waals surface area contributed by atoms with E-state index in [9.17, 15) is 4.39 Å². The first-order valence-corrected chi connectivity index (χ1v) is 9.27. The fourth-order valence-corrected chi connectivity index (χ4v) is 3.36. The van der Waals surface area contributed by atoms with Gasteiger partial charge in [-0.3, -0.25) is 4.99 Å². The van der Waals surface area contributed by atoms with Crippen molar-refractivity contribution in [2.45, 2.75) is 19.0 Å². The molecule has 0 aliphatic carbocycles. The molecule has 0 bridgehead atoms. The van der Waals surface area contributed by atoms with Crippen LogP contribution in [0.1, 0.15) is 12.0 Å². The first kappa shape index (κ1) is 22.5. The number of anilines is 1. The van der Waals surface area contributed by atoms with Crippen LogP contribution in [0, 0.1) is 5.82 Å². The van der Waals surface area contributed by atoms with Gasteiger partial charge in [0.25, 0.3) is 0 Å². The molecule has 1 aliphatic heterocycles. The summed E-state index contributed by atoms with van der Waals surface area (Å²) in [6.07, 6.45) is 1.00. The fraction of sp³-hybridized carbons (Fsp3) is 0.350. The maximum absolute atomic E-state index is 13.8. The molecular formula is C20H25ClFIN4O. The third-order valence-electron chi connectivity index (χ3n) is 4.60. The molecule has 152 valence electrons. The first-order chi connectivity index (χ1) is 13.1. The summed E-state index contributed by atoms with van der Waals surface area (Å²) >= 11 is 6.09. The molecule has 2 aromatic rings. The normalized spacial score (nSPS) is 16.5. The van der Waals surface area contributed by atoms with E-state index in [4.69, 9.17) is 16.3 Å². The van der Waals surface area contributed by atoms with Crippen molar-refractivity contribution in [2.75, 3.05) is 32.1 Å². The van der Waals surface area contributed by atoms with E-state index in [1.54, 1.807) is 13.1 Å². The van der Waals surface area contributed by atoms with Crippen molar-refractivity contribution in [3.8, 4) is 5.75 Å². The van der Waals surface area contributed by atoms with Gasteiger partial charge >= 0.3 is 0 Å². The molecule has 0 spiro atoms. The van der Waals surface area contributed by atoms with Crippen molar-refractivity contribution < 1.29 is 9.13 Å². The van der Waals surface area contributed by atoms with E-state index in [0.29, 0.717) is 12.5 Å². The molecule has 8 heteroatoms. The summed E-state index contributed by atoms with van der Waals surface area (Å²) in [6, 6.07) is 13.1. The van der Waals surface area contributed by atoms with Crippen LogP contribution < -0.4 is 20.3 Å². The zero-order valence-corrected chi connectivity index (χ0v) is 19.0. The number of rotatable bonds is 5. The Balaban J connectivity index is 0.00000280. The van der Waals surface area contributed by atoms with Gasteiger partial charge in [-0.1, -0.05) is 23.7 Å². The van der Waals surface area contributed by atoms with Gasteiger partial charge < -0.3 is 20.3 Å². The number of benzene rings is 2. The largest absolute Gasteiger partial charge is 0.494 e. The number of hydrogen-bond donors (Lipinski definition) is 2. The molecule has 1 atom stereocenters. The SMILES string of the molecule is CN=C(NCc1ccc(OC)c(F)c1)NC1CCN(c2cccc(Cl)c2)C1.I. The summed E-state index contributed by atoms with van der Waals surface area (Å²) in [7, 11) is 3.18. The van der Waals surface area contributed by atoms with Crippen molar-refractivity contribution in [3.63, 3.8) is 0 Å². The van der Waals surface area contributed by atoms with Crippen molar-refractivity contribution in [3.05, 3.63) is 58.9 Å². The lowest BCUT2D eigenvalue weighted by Gasteiger charge is -2.20. The highest BCUT2D eigenvalue weighted by Crippen LogP contribution is 2.23. The minimum atomic E-state index is -0.368. The maximum atomic E-state index is 13.8. The summed E-state index contributed by atoms with van der Waals surface area (Å²) in [5.41, 5.74) is 1.95. The lowest BCUT2D eigenvalue weighted by Crippen LogP contribution is -2.44. The van der Waals surface area contributed by atoms with Gasteiger partial charge in [-0.15, -0.1) is 24.0 Å². The van der Waals surface area contributed by atoms with Crippen molar-refractivity contribution in [1.29, 1.82) is 0 Å². The molecule has 3 rings (SSSR count). The van der Waals surface area contributed by atoms with Crippen molar-refractivity contribution in [1.82, 2.24) is 10.6 Å². The van der Waals surface area contributed by atoms with Crippen LogP contribution in [0.3, 0.4) is 0 Å². The summed E-state index contributed by atoms with van der Waals surface area (Å²) in [5, 5.41) is 7.41. The second kappa shape index (κ2) is 10.7. The Morgan fingerprint density at radius 1 is 1.32 bits per heavy atom. The molecule has 1 unspecified atom stereocenters. The molecule has 5 nitrogen and oxygen atoms in total. The molecule has 1 fully saturated rings.